The van der Waals surface area contributed by atoms with Gasteiger partial charge in [0, 0.05) is 17.9 Å². The molecule has 1 atom stereocenters. The number of aromatic nitrogens is 2. The van der Waals surface area contributed by atoms with Crippen molar-refractivity contribution in [3.63, 3.8) is 0 Å². The summed E-state index contributed by atoms with van der Waals surface area (Å²) in [5.74, 6) is 0. The first-order valence-corrected chi connectivity index (χ1v) is 7.13. The summed E-state index contributed by atoms with van der Waals surface area (Å²) in [6.45, 7) is 1.50. The standard InChI is InChI=1S/C13H18N2O2S/c16-13-14-12(18)10-5-1-2-6-11(10)15(13)8-9-4-3-7-17-9/h9H,1-8H2,(H,14,16,18)/t9-/m0/s1. The fourth-order valence-corrected chi connectivity index (χ4v) is 3.29. The van der Waals surface area contributed by atoms with Gasteiger partial charge in [-0.2, -0.15) is 0 Å². The third-order valence-corrected chi connectivity index (χ3v) is 4.26. The molecule has 2 heterocycles. The lowest BCUT2D eigenvalue weighted by molar-refractivity contribution is 0.0948. The van der Waals surface area contributed by atoms with Crippen molar-refractivity contribution in [3.8, 4) is 0 Å². The Hall–Kier alpha value is -0.940. The van der Waals surface area contributed by atoms with E-state index in [1.54, 1.807) is 0 Å². The van der Waals surface area contributed by atoms with Gasteiger partial charge in [-0.1, -0.05) is 12.2 Å². The second kappa shape index (κ2) is 4.97. The monoisotopic (exact) mass is 266 g/mol. The molecule has 0 radical (unpaired) electrons. The predicted octanol–water partition coefficient (Wildman–Crippen LogP) is 1.96. The molecule has 0 aromatic carbocycles. The molecule has 98 valence electrons. The first kappa shape index (κ1) is 12.1. The summed E-state index contributed by atoms with van der Waals surface area (Å²) in [6, 6.07) is 0. The number of nitrogens with one attached hydrogen (secondary N) is 1. The van der Waals surface area contributed by atoms with E-state index in [0.29, 0.717) is 11.2 Å². The average Bonchev–Trinajstić information content (AvgIpc) is 2.87. The Bertz CT molecular complexity index is 555. The van der Waals surface area contributed by atoms with Crippen molar-refractivity contribution in [1.82, 2.24) is 9.55 Å². The third kappa shape index (κ3) is 2.17. The van der Waals surface area contributed by atoms with Crippen molar-refractivity contribution in [2.24, 2.45) is 0 Å². The Morgan fingerprint density at radius 2 is 2.17 bits per heavy atom. The minimum atomic E-state index is -0.0730. The lowest BCUT2D eigenvalue weighted by Crippen LogP contribution is -2.33. The number of fused-ring (bicyclic) bond motifs is 1. The molecule has 4 nitrogen and oxygen atoms in total. The molecular weight excluding hydrogens is 248 g/mol. The van der Waals surface area contributed by atoms with Gasteiger partial charge < -0.3 is 4.74 Å². The summed E-state index contributed by atoms with van der Waals surface area (Å²) in [5.41, 5.74) is 2.25. The Morgan fingerprint density at radius 3 is 2.94 bits per heavy atom. The first-order valence-electron chi connectivity index (χ1n) is 6.72. The van der Waals surface area contributed by atoms with Gasteiger partial charge >= 0.3 is 5.69 Å². The summed E-state index contributed by atoms with van der Waals surface area (Å²) in [4.78, 5) is 14.9. The van der Waals surface area contributed by atoms with E-state index in [0.717, 1.165) is 44.4 Å². The van der Waals surface area contributed by atoms with Gasteiger partial charge in [0.25, 0.3) is 0 Å². The van der Waals surface area contributed by atoms with Crippen LogP contribution in [0.25, 0.3) is 0 Å². The van der Waals surface area contributed by atoms with Crippen LogP contribution in [0.1, 0.15) is 36.9 Å². The highest BCUT2D eigenvalue weighted by Gasteiger charge is 2.21. The molecule has 5 heteroatoms. The fourth-order valence-electron chi connectivity index (χ4n) is 2.98. The van der Waals surface area contributed by atoms with Crippen LogP contribution in [-0.4, -0.2) is 22.3 Å². The van der Waals surface area contributed by atoms with E-state index in [9.17, 15) is 4.79 Å². The molecule has 0 amide bonds. The zero-order valence-corrected chi connectivity index (χ0v) is 11.2. The number of hydrogen-bond acceptors (Lipinski definition) is 3. The molecule has 0 spiro atoms. The van der Waals surface area contributed by atoms with Gasteiger partial charge in [-0.25, -0.2) is 4.79 Å². The lowest BCUT2D eigenvalue weighted by Gasteiger charge is -2.22. The molecule has 0 unspecified atom stereocenters. The molecule has 3 rings (SSSR count). The molecule has 1 saturated heterocycles. The smallest absolute Gasteiger partial charge is 0.326 e. The van der Waals surface area contributed by atoms with E-state index in [-0.39, 0.29) is 11.8 Å². The minimum Gasteiger partial charge on any atom is -0.376 e. The summed E-state index contributed by atoms with van der Waals surface area (Å²) >= 11 is 5.27. The number of nitrogens with zero attached hydrogens (tertiary/aromatic N) is 1. The molecule has 0 saturated carbocycles. The fraction of sp³-hybridized carbons (Fsp3) is 0.692. The van der Waals surface area contributed by atoms with Gasteiger partial charge in [0.05, 0.1) is 12.6 Å². The van der Waals surface area contributed by atoms with Crippen molar-refractivity contribution in [2.45, 2.75) is 51.2 Å². The van der Waals surface area contributed by atoms with E-state index in [1.807, 2.05) is 4.57 Å². The van der Waals surface area contributed by atoms with Crippen molar-refractivity contribution in [2.75, 3.05) is 6.61 Å². The molecule has 1 aliphatic carbocycles. The van der Waals surface area contributed by atoms with Gasteiger partial charge in [-0.05, 0) is 38.5 Å². The molecular formula is C13H18N2O2S. The Morgan fingerprint density at radius 1 is 1.33 bits per heavy atom. The number of rotatable bonds is 2. The number of ether oxygens (including phenoxy) is 1. The second-order valence-corrected chi connectivity index (χ2v) is 5.55. The van der Waals surface area contributed by atoms with E-state index in [2.05, 4.69) is 4.98 Å². The minimum absolute atomic E-state index is 0.0730. The van der Waals surface area contributed by atoms with E-state index >= 15 is 0 Å². The van der Waals surface area contributed by atoms with Crippen LogP contribution in [-0.2, 0) is 24.1 Å². The van der Waals surface area contributed by atoms with Crippen LogP contribution in [0.3, 0.4) is 0 Å². The van der Waals surface area contributed by atoms with Gasteiger partial charge in [-0.15, -0.1) is 0 Å². The Balaban J connectivity index is 2.01. The quantitative estimate of drug-likeness (QED) is 0.832. The Kier molecular flexibility index (Phi) is 3.35. The predicted molar refractivity (Wildman–Crippen MR) is 71.5 cm³/mol. The normalized spacial score (nSPS) is 23.0. The zero-order chi connectivity index (χ0) is 12.5. The lowest BCUT2D eigenvalue weighted by atomic mass is 9.97. The van der Waals surface area contributed by atoms with Crippen molar-refractivity contribution < 1.29 is 4.74 Å². The molecule has 1 fully saturated rings. The number of aromatic amines is 1. The zero-order valence-electron chi connectivity index (χ0n) is 10.4. The van der Waals surface area contributed by atoms with Gasteiger partial charge in [0.15, 0.2) is 0 Å². The second-order valence-electron chi connectivity index (χ2n) is 5.14. The maximum atomic E-state index is 12.1. The third-order valence-electron chi connectivity index (χ3n) is 3.91. The van der Waals surface area contributed by atoms with Crippen LogP contribution < -0.4 is 5.69 Å². The van der Waals surface area contributed by atoms with Crippen molar-refractivity contribution in [1.29, 1.82) is 0 Å². The average molecular weight is 266 g/mol. The van der Waals surface area contributed by atoms with E-state index in [4.69, 9.17) is 17.0 Å². The maximum absolute atomic E-state index is 12.1. The van der Waals surface area contributed by atoms with Crippen LogP contribution in [0.15, 0.2) is 4.79 Å². The number of H-pyrrole nitrogens is 1. The summed E-state index contributed by atoms with van der Waals surface area (Å²) < 4.78 is 8.13. The summed E-state index contributed by atoms with van der Waals surface area (Å²) in [7, 11) is 0. The maximum Gasteiger partial charge on any atom is 0.326 e. The summed E-state index contributed by atoms with van der Waals surface area (Å²) in [5, 5.41) is 0. The molecule has 18 heavy (non-hydrogen) atoms. The highest BCUT2D eigenvalue weighted by molar-refractivity contribution is 7.71. The highest BCUT2D eigenvalue weighted by atomic mass is 32.1. The van der Waals surface area contributed by atoms with E-state index < -0.39 is 0 Å². The topological polar surface area (TPSA) is 47.0 Å². The van der Waals surface area contributed by atoms with Gasteiger partial charge in [-0.3, -0.25) is 9.55 Å². The van der Waals surface area contributed by atoms with Gasteiger partial charge in [0.2, 0.25) is 0 Å². The first-order chi connectivity index (χ1) is 8.75. The van der Waals surface area contributed by atoms with E-state index in [1.165, 1.54) is 12.0 Å². The van der Waals surface area contributed by atoms with Gasteiger partial charge in [0.1, 0.15) is 4.64 Å². The van der Waals surface area contributed by atoms with Crippen LogP contribution in [0, 0.1) is 4.64 Å². The van der Waals surface area contributed by atoms with Crippen LogP contribution in [0.2, 0.25) is 0 Å². The van der Waals surface area contributed by atoms with Crippen LogP contribution >= 0.6 is 12.2 Å². The Labute approximate surface area is 111 Å². The number of hydrogen-bond donors (Lipinski definition) is 1. The molecule has 1 aromatic rings. The van der Waals surface area contributed by atoms with Crippen molar-refractivity contribution in [3.05, 3.63) is 26.4 Å². The molecule has 1 N–H and O–H groups in total. The van der Waals surface area contributed by atoms with Crippen LogP contribution in [0.5, 0.6) is 0 Å². The SMILES string of the molecule is O=c1[nH]c(=S)c2c(n1C[C@@H]1CCCO1)CCCC2. The van der Waals surface area contributed by atoms with Crippen LogP contribution in [0.4, 0.5) is 0 Å². The molecule has 2 aliphatic rings. The van der Waals surface area contributed by atoms with Crippen molar-refractivity contribution >= 4 is 12.2 Å². The summed E-state index contributed by atoms with van der Waals surface area (Å²) in [6.07, 6.45) is 6.63. The molecule has 0 bridgehead atoms. The highest BCUT2D eigenvalue weighted by Crippen LogP contribution is 2.22. The largest absolute Gasteiger partial charge is 0.376 e. The molecule has 1 aromatic heterocycles. The molecule has 1 aliphatic heterocycles.